The first-order valence-electron chi connectivity index (χ1n) is 46.8. The highest BCUT2D eigenvalue weighted by Crippen LogP contribution is 2.40. The van der Waals surface area contributed by atoms with Gasteiger partial charge in [-0.2, -0.15) is 0 Å². The van der Waals surface area contributed by atoms with Crippen molar-refractivity contribution in [2.45, 2.75) is 474 Å². The second kappa shape index (κ2) is 58.8. The van der Waals surface area contributed by atoms with Crippen molar-refractivity contribution >= 4 is 17.7 Å². The Labute approximate surface area is 746 Å². The van der Waals surface area contributed by atoms with Crippen molar-refractivity contribution in [1.82, 2.24) is 16.0 Å². The minimum atomic E-state index is -2.33. The van der Waals surface area contributed by atoms with E-state index >= 15 is 0 Å². The van der Waals surface area contributed by atoms with Gasteiger partial charge in [0.2, 0.25) is 17.7 Å². The number of aliphatic hydroxyl groups excluding tert-OH is 19. The Bertz CT molecular complexity index is 3060. The first-order valence-corrected chi connectivity index (χ1v) is 46.8. The second-order valence-corrected chi connectivity index (χ2v) is 35.2. The molecule has 7 saturated heterocycles. The molecule has 0 aromatic rings. The SMILES string of the molecule is CCCCCCCC/C=C\CCCCCCCCCCCCCC(=O)N[C@@H](CO[C@@H]1OC(CO)[C@@H](O[C@@H]2OC(CO)[C@H](O)[C@H](O[C@@H]3OC(CO)[C@@H](O[C@@H]4OC(CO)[C@H](O)[C@H](O[C@@H]5OC(CO)[C@@H](O[C@H]6OC(C)[C@@H](O)C(O)[C@@H]6O)[C@H](O)C5NC(C)=O)C4O)[C@H](O[C@H]4OC(C)[C@@H](O)C(O)[C@@H]4O)C3NC(C)=O)C2O)[C@H](O)C1O)[C@H](O)/C=C/CCCCCCCCCCCCC. The van der Waals surface area contributed by atoms with E-state index < -0.39 is 278 Å². The number of hydrogen-bond acceptors (Lipinski definition) is 36. The van der Waals surface area contributed by atoms with Gasteiger partial charge in [0.05, 0.1) is 64.0 Å². The van der Waals surface area contributed by atoms with Gasteiger partial charge >= 0.3 is 0 Å². The molecule has 127 heavy (non-hydrogen) atoms. The number of allylic oxidation sites excluding steroid dienone is 3. The Morgan fingerprint density at radius 1 is 0.323 bits per heavy atom. The fraction of sp³-hybridized carbons (Fsp3) is 0.920. The van der Waals surface area contributed by atoms with Crippen LogP contribution in [-0.2, 0) is 80.7 Å². The quantitative estimate of drug-likeness (QED) is 0.0271. The van der Waals surface area contributed by atoms with Crippen molar-refractivity contribution in [1.29, 1.82) is 0 Å². The lowest BCUT2D eigenvalue weighted by molar-refractivity contribution is -0.397. The number of unbranched alkanes of at least 4 members (excludes halogenated alkanes) is 28. The van der Waals surface area contributed by atoms with E-state index in [0.717, 1.165) is 78.1 Å². The number of nitrogens with one attached hydrogen (secondary N) is 3. The van der Waals surface area contributed by atoms with Crippen LogP contribution in [0.3, 0.4) is 0 Å². The van der Waals surface area contributed by atoms with Crippen molar-refractivity contribution < 1.29 is 178 Å². The summed E-state index contributed by atoms with van der Waals surface area (Å²) in [6.45, 7) is 3.30. The highest BCUT2D eigenvalue weighted by molar-refractivity contribution is 5.76. The maximum absolute atomic E-state index is 13.7. The minimum absolute atomic E-state index is 0.153. The molecule has 0 spiro atoms. The third-order valence-corrected chi connectivity index (χ3v) is 24.9. The molecule has 39 nitrogen and oxygen atoms in total. The van der Waals surface area contributed by atoms with Gasteiger partial charge < -0.3 is 179 Å². The van der Waals surface area contributed by atoms with Crippen molar-refractivity contribution in [3.8, 4) is 0 Å². The number of ether oxygens (including phenoxy) is 14. The van der Waals surface area contributed by atoms with Crippen LogP contribution in [0.4, 0.5) is 0 Å². The molecule has 37 atom stereocenters. The summed E-state index contributed by atoms with van der Waals surface area (Å²) in [5, 5.41) is 223. The normalized spacial score (nSPS) is 37.9. The van der Waals surface area contributed by atoms with Crippen molar-refractivity contribution in [3.63, 3.8) is 0 Å². The zero-order valence-electron chi connectivity index (χ0n) is 75.0. The number of carbonyl (C=O) groups excluding carboxylic acids is 3. The molecule has 0 aliphatic carbocycles. The molecule has 7 aliphatic heterocycles. The molecule has 7 fully saturated rings. The lowest BCUT2D eigenvalue weighted by Crippen LogP contribution is -2.71. The Morgan fingerprint density at radius 3 is 1.06 bits per heavy atom. The van der Waals surface area contributed by atoms with E-state index in [4.69, 9.17) is 66.3 Å². The first kappa shape index (κ1) is 111. The van der Waals surface area contributed by atoms with Gasteiger partial charge in [0.1, 0.15) is 159 Å². The highest BCUT2D eigenvalue weighted by Gasteiger charge is 2.60. The highest BCUT2D eigenvalue weighted by atomic mass is 16.8. The Kier molecular flexibility index (Phi) is 51.2. The predicted octanol–water partition coefficient (Wildman–Crippen LogP) is -0.428. The van der Waals surface area contributed by atoms with Crippen LogP contribution in [0.5, 0.6) is 0 Å². The van der Waals surface area contributed by atoms with Gasteiger partial charge in [0.15, 0.2) is 44.0 Å². The number of carbonyl (C=O) groups is 3. The number of aliphatic hydroxyl groups is 19. The van der Waals surface area contributed by atoms with E-state index in [1.165, 1.54) is 136 Å². The van der Waals surface area contributed by atoms with Crippen LogP contribution in [-0.4, -0.2) is 381 Å². The van der Waals surface area contributed by atoms with E-state index in [1.54, 1.807) is 6.08 Å². The summed E-state index contributed by atoms with van der Waals surface area (Å²) < 4.78 is 84.7. The fourth-order valence-electron chi connectivity index (χ4n) is 17.2. The molecule has 7 heterocycles. The monoisotopic (exact) mass is 1830 g/mol. The zero-order chi connectivity index (χ0) is 92.8. The molecule has 39 heteroatoms. The second-order valence-electron chi connectivity index (χ2n) is 35.2. The summed E-state index contributed by atoms with van der Waals surface area (Å²) in [7, 11) is 0. The zero-order valence-corrected chi connectivity index (χ0v) is 75.0. The first-order chi connectivity index (χ1) is 61.0. The molecular formula is C88H157N3O36. The third kappa shape index (κ3) is 33.8. The van der Waals surface area contributed by atoms with Crippen LogP contribution >= 0.6 is 0 Å². The summed E-state index contributed by atoms with van der Waals surface area (Å²) in [5.41, 5.74) is 0. The average molecular weight is 1830 g/mol. The molecule has 0 radical (unpaired) electrons. The van der Waals surface area contributed by atoms with Crippen LogP contribution in [0, 0.1) is 0 Å². The smallest absolute Gasteiger partial charge is 0.220 e. The Morgan fingerprint density at radius 2 is 0.646 bits per heavy atom. The Balaban J connectivity index is 1.03. The van der Waals surface area contributed by atoms with Crippen LogP contribution in [0.25, 0.3) is 0 Å². The van der Waals surface area contributed by atoms with Gasteiger partial charge in [-0.1, -0.05) is 192 Å². The molecule has 7 aliphatic rings. The lowest BCUT2D eigenvalue weighted by atomic mass is 9.93. The maximum atomic E-state index is 13.7. The molecule has 7 rings (SSSR count). The molecule has 0 bridgehead atoms. The number of rotatable bonds is 58. The van der Waals surface area contributed by atoms with E-state index in [0.29, 0.717) is 12.8 Å². The van der Waals surface area contributed by atoms with Gasteiger partial charge in [0, 0.05) is 20.3 Å². The lowest BCUT2D eigenvalue weighted by Gasteiger charge is -2.52. The fourth-order valence-corrected chi connectivity index (χ4v) is 17.2. The average Bonchev–Trinajstić information content (AvgIpc) is 0.809. The van der Waals surface area contributed by atoms with Gasteiger partial charge in [-0.15, -0.1) is 0 Å². The number of amides is 3. The van der Waals surface area contributed by atoms with Crippen LogP contribution in [0.1, 0.15) is 247 Å². The Hall–Kier alpha value is -3.43. The van der Waals surface area contributed by atoms with E-state index in [2.05, 4.69) is 41.9 Å². The standard InChI is InChI=1S/C88H157N3O36/c1-7-9-11-13-15-17-19-21-22-23-24-25-26-27-28-30-32-34-36-38-40-42-60(100)91-53(54(99)41-39-37-35-33-31-29-20-18-16-14-12-10-8-2)48-114-84-73(111)70(108)77(58(46-95)121-84)123-87-74(112)81(66(104)55(43-92)117-87)127-83-62(90-52(6)98)79(125-86-72(110)69(107)64(102)50(4)116-86)78(59(47-96)120-83)124-88-75(113)80(65(103)56(44-93)118-88)126-82-61(89-51(5)97)67(105)76(57(45-94)119-82)122-85-71(109)68(106)63(101)49(3)115-85/h21-22,39,41,49-50,53-59,61-88,92-96,99,101-113H,7-20,23-38,40,42-48H2,1-6H3,(H,89,97)(H,90,98)(H,91,100)/b22-21-,41-39+/t49?,50?,53-,54+,55?,56?,57?,58?,59?,61?,62?,63+,64+,65-,66-,67+,68?,69?,70+,71-,72-,73?,74?,75?,76+,77+,78+,79+,80-,81-,82-,83-,84+,85+,86+,87-,88-/m0/s1. The van der Waals surface area contributed by atoms with E-state index in [1.807, 2.05) is 6.08 Å². The molecule has 0 saturated carbocycles. The summed E-state index contributed by atoms with van der Waals surface area (Å²) in [5.74, 6) is -2.13. The van der Waals surface area contributed by atoms with Crippen LogP contribution in [0.2, 0.25) is 0 Å². The topological polar surface area (TPSA) is 601 Å². The molecule has 3 amide bonds. The van der Waals surface area contributed by atoms with Crippen LogP contribution in [0.15, 0.2) is 24.3 Å². The van der Waals surface area contributed by atoms with Gasteiger partial charge in [-0.25, -0.2) is 0 Å². The van der Waals surface area contributed by atoms with Crippen molar-refractivity contribution in [2.75, 3.05) is 39.6 Å². The van der Waals surface area contributed by atoms with Gasteiger partial charge in [0.25, 0.3) is 0 Å². The van der Waals surface area contributed by atoms with Gasteiger partial charge in [-0.05, 0) is 58.8 Å². The molecule has 22 N–H and O–H groups in total. The molecular weight excluding hydrogens is 1670 g/mol. The molecule has 0 aromatic heterocycles. The summed E-state index contributed by atoms with van der Waals surface area (Å²) >= 11 is 0. The maximum Gasteiger partial charge on any atom is 0.220 e. The summed E-state index contributed by atoms with van der Waals surface area (Å²) in [6, 6.07) is -4.82. The van der Waals surface area contributed by atoms with Crippen LogP contribution < -0.4 is 16.0 Å². The number of hydrogen-bond donors (Lipinski definition) is 22. The molecule has 0 aromatic carbocycles. The predicted molar refractivity (Wildman–Crippen MR) is 451 cm³/mol. The third-order valence-electron chi connectivity index (χ3n) is 24.9. The minimum Gasteiger partial charge on any atom is -0.394 e. The largest absolute Gasteiger partial charge is 0.394 e. The molecule has 14 unspecified atom stereocenters. The van der Waals surface area contributed by atoms with Crippen molar-refractivity contribution in [2.24, 2.45) is 0 Å². The molecule has 740 valence electrons. The summed E-state index contributed by atoms with van der Waals surface area (Å²) in [4.78, 5) is 40.1. The summed E-state index contributed by atoms with van der Waals surface area (Å²) in [6.07, 6.45) is -21.2. The van der Waals surface area contributed by atoms with Crippen molar-refractivity contribution in [3.05, 3.63) is 24.3 Å². The van der Waals surface area contributed by atoms with Gasteiger partial charge in [-0.3, -0.25) is 14.4 Å². The van der Waals surface area contributed by atoms with E-state index in [9.17, 15) is 111 Å². The van der Waals surface area contributed by atoms with E-state index in [-0.39, 0.29) is 12.3 Å².